The highest BCUT2D eigenvalue weighted by Gasteiger charge is 2.05. The Bertz CT molecular complexity index is 523. The lowest BCUT2D eigenvalue weighted by Crippen LogP contribution is -2.17. The number of nitriles is 1. The molecule has 2 aromatic rings. The van der Waals surface area contributed by atoms with Crippen LogP contribution in [0.2, 0.25) is 0 Å². The van der Waals surface area contributed by atoms with Gasteiger partial charge in [0.1, 0.15) is 12.1 Å². The fourth-order valence-electron chi connectivity index (χ4n) is 1.19. The highest BCUT2D eigenvalue weighted by Crippen LogP contribution is 2.04. The maximum absolute atomic E-state index is 11.2. The van der Waals surface area contributed by atoms with Crippen LogP contribution in [-0.4, -0.2) is 20.4 Å². The molecule has 0 radical (unpaired) electrons. The summed E-state index contributed by atoms with van der Waals surface area (Å²) in [6.07, 6.45) is 7.96. The second-order valence-corrected chi connectivity index (χ2v) is 2.94. The van der Waals surface area contributed by atoms with Crippen molar-refractivity contribution in [3.63, 3.8) is 0 Å². The number of hydrogen-bond acceptors (Lipinski definition) is 4. The van der Waals surface area contributed by atoms with Gasteiger partial charge in [-0.15, -0.1) is 0 Å². The molecule has 0 saturated carbocycles. The van der Waals surface area contributed by atoms with Crippen LogP contribution in [0.25, 0.3) is 5.82 Å². The lowest BCUT2D eigenvalue weighted by molar-refractivity contribution is 0.0972. The summed E-state index contributed by atoms with van der Waals surface area (Å²) < 4.78 is 1.71. The molecule has 6 heteroatoms. The van der Waals surface area contributed by atoms with E-state index in [1.54, 1.807) is 41.6 Å². The summed E-state index contributed by atoms with van der Waals surface area (Å²) in [5, 5.41) is 10.3. The zero-order valence-corrected chi connectivity index (χ0v) is 8.16. The first-order valence-electron chi connectivity index (χ1n) is 4.45. The molecule has 1 N–H and O–H groups in total. The minimum atomic E-state index is -0.466. The molecule has 6 nitrogen and oxygen atoms in total. The molecule has 0 atom stereocenters. The summed E-state index contributed by atoms with van der Waals surface area (Å²) in [5.41, 5.74) is 0.338. The average Bonchev–Trinajstić information content (AvgIpc) is 2.83. The van der Waals surface area contributed by atoms with Crippen LogP contribution in [0.4, 0.5) is 0 Å². The molecule has 0 bridgehead atoms. The van der Waals surface area contributed by atoms with E-state index in [1.165, 1.54) is 6.20 Å². The molecule has 2 heterocycles. The van der Waals surface area contributed by atoms with Gasteiger partial charge >= 0.3 is 0 Å². The standard InChI is InChI=1S/C10H7N5O/c11-6-14-10(16)8-1-2-9(13-5-8)15-4-3-12-7-15/h1-5,7H,(H,14,16). The van der Waals surface area contributed by atoms with Gasteiger partial charge in [-0.25, -0.2) is 9.97 Å². The second kappa shape index (κ2) is 4.23. The quantitative estimate of drug-likeness (QED) is 0.580. The highest BCUT2D eigenvalue weighted by molar-refractivity contribution is 5.94. The number of imidazole rings is 1. The largest absolute Gasteiger partial charge is 0.291 e. The van der Waals surface area contributed by atoms with Gasteiger partial charge in [0, 0.05) is 18.6 Å². The van der Waals surface area contributed by atoms with Crippen LogP contribution in [0.15, 0.2) is 37.1 Å². The number of nitrogens with one attached hydrogen (secondary N) is 1. The SMILES string of the molecule is N#CNC(=O)c1ccc(-n2ccnc2)nc1. The molecule has 0 fully saturated rings. The maximum atomic E-state index is 11.2. The Morgan fingerprint density at radius 3 is 2.94 bits per heavy atom. The van der Waals surface area contributed by atoms with E-state index in [4.69, 9.17) is 5.26 Å². The molecule has 16 heavy (non-hydrogen) atoms. The minimum absolute atomic E-state index is 0.338. The number of hydrogen-bond donors (Lipinski definition) is 1. The number of amides is 1. The normalized spacial score (nSPS) is 9.44. The minimum Gasteiger partial charge on any atom is -0.291 e. The third kappa shape index (κ3) is 1.88. The summed E-state index contributed by atoms with van der Waals surface area (Å²) in [6, 6.07) is 3.27. The molecular formula is C10H7N5O. The summed E-state index contributed by atoms with van der Waals surface area (Å²) >= 11 is 0. The van der Waals surface area contributed by atoms with E-state index in [9.17, 15) is 4.79 Å². The van der Waals surface area contributed by atoms with Gasteiger partial charge in [-0.3, -0.25) is 14.7 Å². The van der Waals surface area contributed by atoms with Crippen LogP contribution >= 0.6 is 0 Å². The molecule has 78 valence electrons. The van der Waals surface area contributed by atoms with E-state index >= 15 is 0 Å². The fraction of sp³-hybridized carbons (Fsp3) is 0. The van der Waals surface area contributed by atoms with Gasteiger partial charge in [0.15, 0.2) is 6.19 Å². The Balaban J connectivity index is 2.24. The van der Waals surface area contributed by atoms with Crippen molar-refractivity contribution >= 4 is 5.91 Å². The maximum Gasteiger partial charge on any atom is 0.265 e. The Labute approximate surface area is 91.2 Å². The van der Waals surface area contributed by atoms with Gasteiger partial charge in [-0.05, 0) is 12.1 Å². The van der Waals surface area contributed by atoms with Crippen molar-refractivity contribution in [1.29, 1.82) is 5.26 Å². The number of carbonyl (C=O) groups excluding carboxylic acids is 1. The summed E-state index contributed by atoms with van der Waals surface area (Å²) in [6.45, 7) is 0. The summed E-state index contributed by atoms with van der Waals surface area (Å²) in [4.78, 5) is 19.2. The second-order valence-electron chi connectivity index (χ2n) is 2.94. The first-order valence-corrected chi connectivity index (χ1v) is 4.45. The molecule has 2 rings (SSSR count). The third-order valence-corrected chi connectivity index (χ3v) is 1.95. The molecule has 0 aromatic carbocycles. The predicted molar refractivity (Wildman–Crippen MR) is 54.4 cm³/mol. The molecule has 0 unspecified atom stereocenters. The van der Waals surface area contributed by atoms with Gasteiger partial charge in [-0.2, -0.15) is 5.26 Å². The van der Waals surface area contributed by atoms with Crippen molar-refractivity contribution in [3.05, 3.63) is 42.6 Å². The van der Waals surface area contributed by atoms with Crippen molar-refractivity contribution in [2.45, 2.75) is 0 Å². The highest BCUT2D eigenvalue weighted by atomic mass is 16.1. The van der Waals surface area contributed by atoms with Gasteiger partial charge in [-0.1, -0.05) is 0 Å². The number of carbonyl (C=O) groups is 1. The third-order valence-electron chi connectivity index (χ3n) is 1.95. The van der Waals surface area contributed by atoms with Crippen molar-refractivity contribution in [2.24, 2.45) is 0 Å². The first kappa shape index (κ1) is 9.86. The molecular weight excluding hydrogens is 206 g/mol. The Hall–Kier alpha value is -2.68. The summed E-state index contributed by atoms with van der Waals surface area (Å²) in [5.74, 6) is 0.193. The zero-order valence-electron chi connectivity index (χ0n) is 8.16. The molecule has 0 spiro atoms. The molecule has 0 aliphatic heterocycles. The van der Waals surface area contributed by atoms with E-state index in [-0.39, 0.29) is 0 Å². The van der Waals surface area contributed by atoms with Crippen LogP contribution in [0, 0.1) is 11.5 Å². The molecule has 0 aliphatic rings. The van der Waals surface area contributed by atoms with Crippen molar-refractivity contribution in [3.8, 4) is 12.0 Å². The van der Waals surface area contributed by atoms with Crippen LogP contribution < -0.4 is 5.32 Å². The fourth-order valence-corrected chi connectivity index (χ4v) is 1.19. The Morgan fingerprint density at radius 2 is 2.38 bits per heavy atom. The van der Waals surface area contributed by atoms with E-state index in [0.29, 0.717) is 11.4 Å². The van der Waals surface area contributed by atoms with Crippen molar-refractivity contribution in [1.82, 2.24) is 19.9 Å². The average molecular weight is 213 g/mol. The molecule has 2 aromatic heterocycles. The summed E-state index contributed by atoms with van der Waals surface area (Å²) in [7, 11) is 0. The van der Waals surface area contributed by atoms with Crippen LogP contribution in [-0.2, 0) is 0 Å². The number of aromatic nitrogens is 3. The smallest absolute Gasteiger partial charge is 0.265 e. The Morgan fingerprint density at radius 1 is 1.50 bits per heavy atom. The number of rotatable bonds is 2. The molecule has 1 amide bonds. The Kier molecular flexibility index (Phi) is 2.61. The zero-order chi connectivity index (χ0) is 11.4. The van der Waals surface area contributed by atoms with Crippen LogP contribution in [0.1, 0.15) is 10.4 Å². The lowest BCUT2D eigenvalue weighted by Gasteiger charge is -2.01. The van der Waals surface area contributed by atoms with E-state index in [2.05, 4.69) is 9.97 Å². The van der Waals surface area contributed by atoms with Crippen LogP contribution in [0.3, 0.4) is 0 Å². The van der Waals surface area contributed by atoms with Gasteiger partial charge in [0.05, 0.1) is 5.56 Å². The van der Waals surface area contributed by atoms with Gasteiger partial charge < -0.3 is 0 Å². The van der Waals surface area contributed by atoms with E-state index in [1.807, 2.05) is 5.32 Å². The van der Waals surface area contributed by atoms with Gasteiger partial charge in [0.2, 0.25) is 0 Å². The van der Waals surface area contributed by atoms with Gasteiger partial charge in [0.25, 0.3) is 5.91 Å². The van der Waals surface area contributed by atoms with Crippen molar-refractivity contribution < 1.29 is 4.79 Å². The lowest BCUT2D eigenvalue weighted by atomic mass is 10.2. The van der Waals surface area contributed by atoms with E-state index in [0.717, 1.165) is 0 Å². The van der Waals surface area contributed by atoms with Crippen LogP contribution in [0.5, 0.6) is 0 Å². The first-order chi connectivity index (χ1) is 7.81. The molecule has 0 aliphatic carbocycles. The number of pyridine rings is 1. The monoisotopic (exact) mass is 213 g/mol. The van der Waals surface area contributed by atoms with E-state index < -0.39 is 5.91 Å². The topological polar surface area (TPSA) is 83.6 Å². The predicted octanol–water partition coefficient (Wildman–Crippen LogP) is 0.478. The van der Waals surface area contributed by atoms with Crippen molar-refractivity contribution in [2.75, 3.05) is 0 Å². The number of nitrogens with zero attached hydrogens (tertiary/aromatic N) is 4. The molecule has 0 saturated heterocycles.